The number of carbonyl (C=O) groups is 2. The fraction of sp³-hybridized carbons (Fsp3) is 0.154. The molecule has 0 saturated carbocycles. The first-order valence-electron chi connectivity index (χ1n) is 5.85. The van der Waals surface area contributed by atoms with Gasteiger partial charge in [0.2, 0.25) is 0 Å². The van der Waals surface area contributed by atoms with Gasteiger partial charge < -0.3 is 15.7 Å². The number of carbonyl (C=O) groups excluding carboxylic acids is 1. The Balaban J connectivity index is 2.45. The van der Waals surface area contributed by atoms with Crippen LogP contribution in [0.3, 0.4) is 0 Å². The van der Waals surface area contributed by atoms with Crippen molar-refractivity contribution in [1.29, 1.82) is 0 Å². The monoisotopic (exact) mass is 369 g/mol. The molecule has 8 heteroatoms. The minimum absolute atomic E-state index is 0.0378. The highest BCUT2D eigenvalue weighted by molar-refractivity contribution is 9.10. The van der Waals surface area contributed by atoms with Crippen LogP contribution in [0.2, 0.25) is 0 Å². The number of carboxylic acid groups (broad SMARTS) is 1. The first kappa shape index (κ1) is 15.5. The number of hydrogen-bond acceptors (Lipinski definition) is 5. The van der Waals surface area contributed by atoms with E-state index in [4.69, 9.17) is 5.73 Å². The Labute approximate surface area is 133 Å². The molecule has 0 fully saturated rings. The molecule has 110 valence electrons. The molecular formula is C13H12BrN3O3S. The van der Waals surface area contributed by atoms with Crippen LogP contribution in [-0.4, -0.2) is 28.4 Å². The summed E-state index contributed by atoms with van der Waals surface area (Å²) in [5.41, 5.74) is 6.93. The summed E-state index contributed by atoms with van der Waals surface area (Å²) in [7, 11) is 1.51. The lowest BCUT2D eigenvalue weighted by molar-refractivity contribution is 0.0697. The predicted molar refractivity (Wildman–Crippen MR) is 85.1 cm³/mol. The number of aromatic nitrogens is 1. The second-order valence-electron chi connectivity index (χ2n) is 4.36. The molecule has 0 aliphatic rings. The molecule has 1 amide bonds. The minimum atomic E-state index is -1.11. The smallest absolute Gasteiger partial charge is 0.340 e. The normalized spacial score (nSPS) is 10.4. The molecule has 0 bridgehead atoms. The number of benzene rings is 1. The topological polar surface area (TPSA) is 96.5 Å². The van der Waals surface area contributed by atoms with Gasteiger partial charge in [0.15, 0.2) is 0 Å². The van der Waals surface area contributed by atoms with E-state index in [9.17, 15) is 14.7 Å². The summed E-state index contributed by atoms with van der Waals surface area (Å²) in [6, 6.07) is 4.88. The number of hydrogen-bond donors (Lipinski definition) is 2. The molecule has 21 heavy (non-hydrogen) atoms. The van der Waals surface area contributed by atoms with E-state index in [2.05, 4.69) is 20.3 Å². The molecule has 3 N–H and O–H groups in total. The van der Waals surface area contributed by atoms with Crippen LogP contribution in [0, 0.1) is 6.92 Å². The van der Waals surface area contributed by atoms with Crippen LogP contribution in [0.15, 0.2) is 22.7 Å². The molecule has 0 radical (unpaired) electrons. The molecule has 1 heterocycles. The van der Waals surface area contributed by atoms with Crippen LogP contribution in [0.4, 0.5) is 10.7 Å². The molecule has 1 aromatic heterocycles. The van der Waals surface area contributed by atoms with Crippen molar-refractivity contribution in [2.45, 2.75) is 6.92 Å². The van der Waals surface area contributed by atoms with Gasteiger partial charge in [-0.15, -0.1) is 0 Å². The number of rotatable bonds is 3. The van der Waals surface area contributed by atoms with Crippen LogP contribution in [-0.2, 0) is 0 Å². The average molecular weight is 370 g/mol. The zero-order valence-corrected chi connectivity index (χ0v) is 13.7. The number of nitrogen functional groups attached to an aromatic ring is 1. The minimum Gasteiger partial charge on any atom is -0.478 e. The lowest BCUT2D eigenvalue weighted by Gasteiger charge is -2.17. The van der Waals surface area contributed by atoms with E-state index in [1.807, 2.05) is 0 Å². The Morgan fingerprint density at radius 1 is 1.43 bits per heavy atom. The van der Waals surface area contributed by atoms with Crippen LogP contribution in [0.1, 0.15) is 26.4 Å². The van der Waals surface area contributed by atoms with E-state index >= 15 is 0 Å². The summed E-state index contributed by atoms with van der Waals surface area (Å²) in [5.74, 6) is -1.47. The van der Waals surface area contributed by atoms with Gasteiger partial charge in [0.1, 0.15) is 10.6 Å². The maximum absolute atomic E-state index is 12.5. The summed E-state index contributed by atoms with van der Waals surface area (Å²) in [6.07, 6.45) is 0. The largest absolute Gasteiger partial charge is 0.478 e. The Morgan fingerprint density at radius 2 is 2.10 bits per heavy atom. The number of amides is 1. The zero-order valence-electron chi connectivity index (χ0n) is 11.3. The number of aromatic carboxylic acids is 1. The highest BCUT2D eigenvalue weighted by atomic mass is 79.9. The van der Waals surface area contributed by atoms with Gasteiger partial charge in [-0.3, -0.25) is 4.79 Å². The lowest BCUT2D eigenvalue weighted by Crippen LogP contribution is -2.27. The maximum Gasteiger partial charge on any atom is 0.340 e. The van der Waals surface area contributed by atoms with Crippen molar-refractivity contribution in [1.82, 2.24) is 4.37 Å². The van der Waals surface area contributed by atoms with Crippen molar-refractivity contribution in [3.8, 4) is 0 Å². The quantitative estimate of drug-likeness (QED) is 0.810. The summed E-state index contributed by atoms with van der Waals surface area (Å²) in [4.78, 5) is 25.1. The second-order valence-corrected chi connectivity index (χ2v) is 5.96. The standard InChI is InChI=1S/C13H12BrN3O3S/c1-6-10(13(19)20)12(21-16-6)17(2)11(18)8-5-7(15)3-4-9(8)14/h3-5H,15H2,1-2H3,(H,19,20). The fourth-order valence-corrected chi connectivity index (χ4v) is 3.08. The van der Waals surface area contributed by atoms with E-state index in [-0.39, 0.29) is 11.5 Å². The Morgan fingerprint density at radius 3 is 2.71 bits per heavy atom. The highest BCUT2D eigenvalue weighted by Crippen LogP contribution is 2.30. The molecule has 0 saturated heterocycles. The third-order valence-electron chi connectivity index (χ3n) is 2.89. The molecule has 2 rings (SSSR count). The Kier molecular flexibility index (Phi) is 4.29. The molecule has 0 unspecified atom stereocenters. The molecule has 0 spiro atoms. The van der Waals surface area contributed by atoms with Gasteiger partial charge in [0, 0.05) is 17.2 Å². The van der Waals surface area contributed by atoms with Gasteiger partial charge >= 0.3 is 5.97 Å². The van der Waals surface area contributed by atoms with Crippen LogP contribution >= 0.6 is 27.5 Å². The molecule has 6 nitrogen and oxygen atoms in total. The summed E-state index contributed by atoms with van der Waals surface area (Å²) < 4.78 is 4.59. The van der Waals surface area contributed by atoms with Crippen molar-refractivity contribution in [2.24, 2.45) is 0 Å². The molecule has 0 atom stereocenters. The van der Waals surface area contributed by atoms with Crippen molar-refractivity contribution >= 4 is 50.0 Å². The number of nitrogens with two attached hydrogens (primary N) is 1. The molecule has 2 aromatic rings. The van der Waals surface area contributed by atoms with Gasteiger partial charge in [0.05, 0.1) is 11.3 Å². The number of anilines is 2. The van der Waals surface area contributed by atoms with Crippen LogP contribution in [0.5, 0.6) is 0 Å². The number of halogens is 1. The van der Waals surface area contributed by atoms with E-state index in [0.29, 0.717) is 26.4 Å². The Bertz CT molecular complexity index is 729. The lowest BCUT2D eigenvalue weighted by atomic mass is 10.1. The number of nitrogens with zero attached hydrogens (tertiary/aromatic N) is 2. The number of aryl methyl sites for hydroxylation is 1. The molecule has 0 aliphatic heterocycles. The molecule has 0 aliphatic carbocycles. The summed E-state index contributed by atoms with van der Waals surface area (Å²) in [5, 5.41) is 9.53. The van der Waals surface area contributed by atoms with Gasteiger partial charge in [0.25, 0.3) is 5.91 Å². The Hall–Kier alpha value is -1.93. The van der Waals surface area contributed by atoms with Gasteiger partial charge in [-0.25, -0.2) is 4.79 Å². The fourth-order valence-electron chi connectivity index (χ4n) is 1.81. The highest BCUT2D eigenvalue weighted by Gasteiger charge is 2.25. The zero-order chi connectivity index (χ0) is 15.7. The van der Waals surface area contributed by atoms with Crippen LogP contribution in [0.25, 0.3) is 0 Å². The third-order valence-corrected chi connectivity index (χ3v) is 4.60. The summed E-state index contributed by atoms with van der Waals surface area (Å²) >= 11 is 4.27. The van der Waals surface area contributed by atoms with Crippen LogP contribution < -0.4 is 10.6 Å². The summed E-state index contributed by atoms with van der Waals surface area (Å²) in [6.45, 7) is 1.60. The predicted octanol–water partition coefficient (Wildman–Crippen LogP) is 2.77. The molecule has 1 aromatic carbocycles. The van der Waals surface area contributed by atoms with Crippen molar-refractivity contribution in [2.75, 3.05) is 17.7 Å². The van der Waals surface area contributed by atoms with E-state index in [0.717, 1.165) is 11.5 Å². The number of carboxylic acids is 1. The van der Waals surface area contributed by atoms with E-state index < -0.39 is 5.97 Å². The van der Waals surface area contributed by atoms with Crippen molar-refractivity contribution < 1.29 is 14.7 Å². The first-order valence-corrected chi connectivity index (χ1v) is 7.42. The maximum atomic E-state index is 12.5. The van der Waals surface area contributed by atoms with Crippen molar-refractivity contribution in [3.05, 3.63) is 39.5 Å². The SMILES string of the molecule is Cc1nsc(N(C)C(=O)c2cc(N)ccc2Br)c1C(=O)O. The average Bonchev–Trinajstić information content (AvgIpc) is 2.81. The molecular weight excluding hydrogens is 358 g/mol. The van der Waals surface area contributed by atoms with Crippen molar-refractivity contribution in [3.63, 3.8) is 0 Å². The first-order chi connectivity index (χ1) is 9.82. The second kappa shape index (κ2) is 5.82. The van der Waals surface area contributed by atoms with E-state index in [1.165, 1.54) is 18.0 Å². The van der Waals surface area contributed by atoms with E-state index in [1.54, 1.807) is 19.1 Å². The third kappa shape index (κ3) is 2.91. The van der Waals surface area contributed by atoms with Gasteiger partial charge in [-0.2, -0.15) is 4.37 Å². The van der Waals surface area contributed by atoms with Gasteiger partial charge in [-0.1, -0.05) is 0 Å². The van der Waals surface area contributed by atoms with Gasteiger partial charge in [-0.05, 0) is 52.6 Å².